The average Bonchev–Trinajstić information content (AvgIpc) is 3.02. The molecule has 1 aromatic heterocycles. The number of rotatable bonds is 4. The first kappa shape index (κ1) is 10.8. The van der Waals surface area contributed by atoms with Crippen LogP contribution in [0.2, 0.25) is 5.15 Å². The van der Waals surface area contributed by atoms with Gasteiger partial charge in [-0.2, -0.15) is 0 Å². The van der Waals surface area contributed by atoms with Crippen LogP contribution in [0.15, 0.2) is 6.07 Å². The monoisotopic (exact) mass is 226 g/mol. The zero-order chi connectivity index (χ0) is 10.8. The molecule has 0 aliphatic heterocycles. The Bertz CT molecular complexity index is 348. The van der Waals surface area contributed by atoms with E-state index in [1.807, 2.05) is 6.07 Å². The van der Waals surface area contributed by atoms with Crippen LogP contribution in [0.5, 0.6) is 0 Å². The van der Waals surface area contributed by atoms with Crippen LogP contribution in [-0.4, -0.2) is 17.1 Å². The summed E-state index contributed by atoms with van der Waals surface area (Å²) in [5, 5.41) is 0.525. The van der Waals surface area contributed by atoms with Crippen LogP contribution in [0.3, 0.4) is 0 Å². The fourth-order valence-electron chi connectivity index (χ4n) is 1.64. The fourth-order valence-corrected chi connectivity index (χ4v) is 1.84. The molecule has 0 bridgehead atoms. The lowest BCUT2D eigenvalue weighted by Gasteiger charge is -2.12. The third-order valence-electron chi connectivity index (χ3n) is 2.67. The highest BCUT2D eigenvalue weighted by Gasteiger charge is 2.26. The van der Waals surface area contributed by atoms with Crippen molar-refractivity contribution in [3.8, 4) is 0 Å². The number of halogens is 1. The molecule has 0 aromatic carbocycles. The summed E-state index contributed by atoms with van der Waals surface area (Å²) in [7, 11) is 1.68. The molecule has 15 heavy (non-hydrogen) atoms. The summed E-state index contributed by atoms with van der Waals surface area (Å²) < 4.78 is 5.31. The molecule has 1 aromatic rings. The molecule has 1 heterocycles. The molecule has 0 spiro atoms. The number of nitrogens with zero attached hydrogens (tertiary/aromatic N) is 2. The highest BCUT2D eigenvalue weighted by molar-refractivity contribution is 6.29. The van der Waals surface area contributed by atoms with Gasteiger partial charge < -0.3 is 4.74 Å². The second-order valence-corrected chi connectivity index (χ2v) is 4.27. The maximum atomic E-state index is 5.97. The van der Waals surface area contributed by atoms with Crippen LogP contribution in [-0.2, 0) is 4.74 Å². The minimum atomic E-state index is -0.0406. The van der Waals surface area contributed by atoms with E-state index in [1.165, 1.54) is 12.8 Å². The summed E-state index contributed by atoms with van der Waals surface area (Å²) in [6, 6.07) is 1.87. The molecule has 0 saturated heterocycles. The van der Waals surface area contributed by atoms with Gasteiger partial charge in [-0.1, -0.05) is 18.5 Å². The molecule has 1 aliphatic carbocycles. The van der Waals surface area contributed by atoms with Crippen molar-refractivity contribution >= 4 is 11.6 Å². The number of aromatic nitrogens is 2. The van der Waals surface area contributed by atoms with Crippen LogP contribution in [0, 0.1) is 0 Å². The lowest BCUT2D eigenvalue weighted by Crippen LogP contribution is -2.07. The number of methoxy groups -OCH3 is 1. The number of ether oxygens (including phenoxy) is 1. The van der Waals surface area contributed by atoms with Gasteiger partial charge in [-0.3, -0.25) is 0 Å². The van der Waals surface area contributed by atoms with Crippen molar-refractivity contribution in [1.29, 1.82) is 0 Å². The molecule has 0 amide bonds. The van der Waals surface area contributed by atoms with E-state index >= 15 is 0 Å². The Labute approximate surface area is 94.8 Å². The fraction of sp³-hybridized carbons (Fsp3) is 0.636. The van der Waals surface area contributed by atoms with Gasteiger partial charge in [0.2, 0.25) is 0 Å². The molecular weight excluding hydrogens is 212 g/mol. The van der Waals surface area contributed by atoms with Gasteiger partial charge in [0.1, 0.15) is 11.3 Å². The summed E-state index contributed by atoms with van der Waals surface area (Å²) in [4.78, 5) is 8.73. The van der Waals surface area contributed by atoms with Crippen LogP contribution in [0.1, 0.15) is 49.7 Å². The summed E-state index contributed by atoms with van der Waals surface area (Å²) in [6.45, 7) is 2.05. The summed E-state index contributed by atoms with van der Waals surface area (Å²) in [6.07, 6.45) is 3.26. The van der Waals surface area contributed by atoms with Crippen LogP contribution < -0.4 is 0 Å². The van der Waals surface area contributed by atoms with Crippen molar-refractivity contribution < 1.29 is 4.74 Å². The minimum absolute atomic E-state index is 0.0406. The third kappa shape index (κ3) is 2.47. The molecule has 0 radical (unpaired) electrons. The quantitative estimate of drug-likeness (QED) is 0.740. The first-order valence-electron chi connectivity index (χ1n) is 5.31. The largest absolute Gasteiger partial charge is 0.373 e. The molecule has 0 N–H and O–H groups in total. The van der Waals surface area contributed by atoms with Crippen molar-refractivity contribution in [1.82, 2.24) is 9.97 Å². The Morgan fingerprint density at radius 2 is 2.27 bits per heavy atom. The molecule has 1 aliphatic rings. The van der Waals surface area contributed by atoms with Gasteiger partial charge in [0.15, 0.2) is 5.82 Å². The van der Waals surface area contributed by atoms with E-state index in [0.717, 1.165) is 17.9 Å². The maximum absolute atomic E-state index is 5.97. The Kier molecular flexibility index (Phi) is 3.22. The standard InChI is InChI=1S/C11H15ClN2O/c1-3-9(15-2)11-13-8(7-4-5-7)6-10(12)14-11/h6-7,9H,3-5H2,1-2H3. The maximum Gasteiger partial charge on any atom is 0.159 e. The van der Waals surface area contributed by atoms with E-state index < -0.39 is 0 Å². The molecule has 1 saturated carbocycles. The zero-order valence-corrected chi connectivity index (χ0v) is 9.79. The van der Waals surface area contributed by atoms with Crippen molar-refractivity contribution in [2.45, 2.75) is 38.2 Å². The summed E-state index contributed by atoms with van der Waals surface area (Å²) in [5.41, 5.74) is 1.07. The number of hydrogen-bond donors (Lipinski definition) is 0. The van der Waals surface area contributed by atoms with Crippen molar-refractivity contribution in [3.05, 3.63) is 22.7 Å². The SMILES string of the molecule is CCC(OC)c1nc(Cl)cc(C2CC2)n1. The Hall–Kier alpha value is -0.670. The van der Waals surface area contributed by atoms with Gasteiger partial charge in [-0.05, 0) is 25.3 Å². The molecule has 1 fully saturated rings. The topological polar surface area (TPSA) is 35.0 Å². The van der Waals surface area contributed by atoms with Gasteiger partial charge in [-0.25, -0.2) is 9.97 Å². The van der Waals surface area contributed by atoms with Gasteiger partial charge in [0, 0.05) is 18.7 Å². The Balaban J connectivity index is 2.29. The molecule has 4 heteroatoms. The smallest absolute Gasteiger partial charge is 0.159 e. The predicted molar refractivity (Wildman–Crippen MR) is 59.1 cm³/mol. The predicted octanol–water partition coefficient (Wildman–Crippen LogP) is 3.10. The molecule has 2 rings (SSSR count). The number of hydrogen-bond acceptors (Lipinski definition) is 3. The second kappa shape index (κ2) is 4.45. The normalized spacial score (nSPS) is 17.8. The van der Waals surface area contributed by atoms with Gasteiger partial charge in [-0.15, -0.1) is 0 Å². The van der Waals surface area contributed by atoms with Crippen LogP contribution >= 0.6 is 11.6 Å². The molecular formula is C11H15ClN2O. The van der Waals surface area contributed by atoms with E-state index in [9.17, 15) is 0 Å². The molecule has 82 valence electrons. The second-order valence-electron chi connectivity index (χ2n) is 3.88. The Morgan fingerprint density at radius 1 is 1.53 bits per heavy atom. The highest BCUT2D eigenvalue weighted by Crippen LogP contribution is 2.39. The minimum Gasteiger partial charge on any atom is -0.373 e. The van der Waals surface area contributed by atoms with Crippen molar-refractivity contribution in [3.63, 3.8) is 0 Å². The zero-order valence-electron chi connectivity index (χ0n) is 9.03. The molecule has 1 unspecified atom stereocenters. The molecule has 1 atom stereocenters. The van der Waals surface area contributed by atoms with Gasteiger partial charge in [0.05, 0.1) is 0 Å². The van der Waals surface area contributed by atoms with Gasteiger partial charge in [0.25, 0.3) is 0 Å². The third-order valence-corrected chi connectivity index (χ3v) is 2.86. The lowest BCUT2D eigenvalue weighted by atomic mass is 10.2. The molecule has 3 nitrogen and oxygen atoms in total. The van der Waals surface area contributed by atoms with E-state index in [4.69, 9.17) is 16.3 Å². The first-order chi connectivity index (χ1) is 7.24. The lowest BCUT2D eigenvalue weighted by molar-refractivity contribution is 0.0924. The summed E-state index contributed by atoms with van der Waals surface area (Å²) >= 11 is 5.97. The highest BCUT2D eigenvalue weighted by atomic mass is 35.5. The van der Waals surface area contributed by atoms with Crippen molar-refractivity contribution in [2.75, 3.05) is 7.11 Å². The van der Waals surface area contributed by atoms with E-state index in [0.29, 0.717) is 11.1 Å². The average molecular weight is 227 g/mol. The summed E-state index contributed by atoms with van der Waals surface area (Å²) in [5.74, 6) is 1.31. The van der Waals surface area contributed by atoms with E-state index in [-0.39, 0.29) is 6.10 Å². The van der Waals surface area contributed by atoms with E-state index in [2.05, 4.69) is 16.9 Å². The van der Waals surface area contributed by atoms with Crippen molar-refractivity contribution in [2.24, 2.45) is 0 Å². The Morgan fingerprint density at radius 3 is 2.80 bits per heavy atom. The van der Waals surface area contributed by atoms with E-state index in [1.54, 1.807) is 7.11 Å². The first-order valence-corrected chi connectivity index (χ1v) is 5.69. The van der Waals surface area contributed by atoms with Crippen LogP contribution in [0.25, 0.3) is 0 Å². The van der Waals surface area contributed by atoms with Crippen LogP contribution in [0.4, 0.5) is 0 Å². The van der Waals surface area contributed by atoms with Gasteiger partial charge >= 0.3 is 0 Å².